The third-order valence-electron chi connectivity index (χ3n) is 19.0. The third kappa shape index (κ3) is 13.1. The number of ketones is 1. The van der Waals surface area contributed by atoms with E-state index >= 15 is 9.59 Å². The van der Waals surface area contributed by atoms with E-state index in [2.05, 4.69) is 10.3 Å². The summed E-state index contributed by atoms with van der Waals surface area (Å²) < 4.78 is 49.5. The number of aliphatic hydroxyl groups is 1. The van der Waals surface area contributed by atoms with E-state index in [-0.39, 0.29) is 65.4 Å². The molecular weight excluding hydrogens is 1230 g/mol. The molecule has 2 bridgehead atoms. The molecule has 0 radical (unpaired) electrons. The number of likely N-dealkylation sites (N-methyl/N-ethyl adjacent to an activating group) is 2. The van der Waals surface area contributed by atoms with Gasteiger partial charge < -0.3 is 63.9 Å². The van der Waals surface area contributed by atoms with Crippen molar-refractivity contribution in [1.29, 1.82) is 0 Å². The summed E-state index contributed by atoms with van der Waals surface area (Å²) in [6.45, 7) is 9.27. The van der Waals surface area contributed by atoms with Gasteiger partial charge in [0.15, 0.2) is 17.5 Å². The number of hydrogen-bond donors (Lipinski definition) is 3. The van der Waals surface area contributed by atoms with Crippen molar-refractivity contribution in [2.24, 2.45) is 22.5 Å². The van der Waals surface area contributed by atoms with Crippen molar-refractivity contribution < 1.29 is 86.3 Å². The van der Waals surface area contributed by atoms with Gasteiger partial charge in [-0.05, 0) is 104 Å². The van der Waals surface area contributed by atoms with Crippen LogP contribution in [0.25, 0.3) is 10.9 Å². The van der Waals surface area contributed by atoms with Gasteiger partial charge in [0.1, 0.15) is 36.2 Å². The molecule has 95 heavy (non-hydrogen) atoms. The minimum absolute atomic E-state index is 0.0225. The van der Waals surface area contributed by atoms with E-state index in [0.29, 0.717) is 16.8 Å². The standard InChI is InChI=1S/C70H74N6O19/c1-39-52(37-70(71)61(94-63(82)45-24-17-12-18-25-45)59-68(7,53(79)36-54-69(59,38-88-54)95-42(4)78)60(80)57(90-41(3)77)55(39)67(70,5)6)92-64(83)58(56(43-20-13-10-14-21-43)73-62(81)44-22-15-11-16-23-44)93-66(85)75(9)33-32-74(8)65(84)89-40(2)46-27-30-50(76(86)87)51(35-46)91-48-28-29-49-47(34-48)26-19-31-72-49/h10-31,34-35,40,52-54,56-59,61,79H,32-33,36-38,71H2,1-9H3,(H,73,81)/t40?,52-,53-,54+,56?,57+,58+,59-,61-,68+,69-,70+/m0/s1. The normalized spacial score (nSPS) is 24.9. The molecule has 3 amide bonds. The van der Waals surface area contributed by atoms with Crippen LogP contribution >= 0.6 is 0 Å². The zero-order valence-corrected chi connectivity index (χ0v) is 53.7. The summed E-state index contributed by atoms with van der Waals surface area (Å²) in [4.78, 5) is 134. The Labute approximate surface area is 546 Å². The number of nitro benzene ring substituents is 1. The van der Waals surface area contributed by atoms with E-state index in [1.807, 2.05) is 6.07 Å². The fraction of sp³-hybridized carbons (Fsp3) is 0.386. The van der Waals surface area contributed by atoms with E-state index in [1.54, 1.807) is 118 Å². The lowest BCUT2D eigenvalue weighted by Gasteiger charge is -2.67. The number of nitrogens with zero attached hydrogens (tertiary/aromatic N) is 4. The molecule has 4 N–H and O–H groups in total. The summed E-state index contributed by atoms with van der Waals surface area (Å²) in [6.07, 6.45) is -12.0. The number of Topliss-reactive ketones (excluding diaryl/α,β-unsaturated/α-hetero) is 1. The first-order valence-corrected chi connectivity index (χ1v) is 30.8. The first-order valence-electron chi connectivity index (χ1n) is 30.8. The zero-order valence-electron chi connectivity index (χ0n) is 53.7. The van der Waals surface area contributed by atoms with Crippen molar-refractivity contribution in [3.8, 4) is 11.5 Å². The van der Waals surface area contributed by atoms with Crippen LogP contribution in [0.15, 0.2) is 157 Å². The Hall–Kier alpha value is -10.1. The summed E-state index contributed by atoms with van der Waals surface area (Å²) in [5.74, 6) is -6.85. The van der Waals surface area contributed by atoms with Gasteiger partial charge in [-0.25, -0.2) is 19.2 Å². The number of esters is 4. The lowest BCUT2D eigenvalue weighted by atomic mass is 9.44. The number of nitro groups is 1. The minimum Gasteiger partial charge on any atom is -0.456 e. The Bertz CT molecular complexity index is 4000. The molecular formula is C70H74N6O19. The summed E-state index contributed by atoms with van der Waals surface area (Å²) in [5.41, 5.74) is 1.78. The van der Waals surface area contributed by atoms with E-state index < -0.39 is 136 Å². The van der Waals surface area contributed by atoms with Crippen LogP contribution < -0.4 is 15.8 Å². The summed E-state index contributed by atoms with van der Waals surface area (Å²) >= 11 is 0. The van der Waals surface area contributed by atoms with E-state index in [0.717, 1.165) is 29.0 Å². The summed E-state index contributed by atoms with van der Waals surface area (Å²) in [7, 11) is 2.74. The van der Waals surface area contributed by atoms with Crippen molar-refractivity contribution >= 4 is 64.3 Å². The second-order valence-corrected chi connectivity index (χ2v) is 25.1. The van der Waals surface area contributed by atoms with E-state index in [9.17, 15) is 44.0 Å². The predicted octanol–water partition coefficient (Wildman–Crippen LogP) is 8.86. The number of hydrogen-bond acceptors (Lipinski definition) is 21. The van der Waals surface area contributed by atoms with Gasteiger partial charge in [0.05, 0.1) is 45.6 Å². The number of benzene rings is 5. The second-order valence-electron chi connectivity index (χ2n) is 25.1. The molecule has 1 aliphatic heterocycles. The topological polar surface area (TPSA) is 331 Å². The number of nitrogens with one attached hydrogen (secondary N) is 1. The monoisotopic (exact) mass is 1300 g/mol. The summed E-state index contributed by atoms with van der Waals surface area (Å²) in [5, 5.41) is 28.1. The number of amides is 3. The van der Waals surface area contributed by atoms with Crippen molar-refractivity contribution in [2.75, 3.05) is 33.8 Å². The molecule has 25 nitrogen and oxygen atoms in total. The zero-order chi connectivity index (χ0) is 68.5. The number of aromatic nitrogens is 1. The fourth-order valence-electron chi connectivity index (χ4n) is 13.6. The largest absolute Gasteiger partial charge is 0.456 e. The molecule has 6 aromatic rings. The highest BCUT2D eigenvalue weighted by Crippen LogP contribution is 2.64. The SMILES string of the molecule is CC(=O)O[C@H]1C(=O)[C@@]2(C)[C@H]([C@H](OC(=O)c3ccccc3)[C@]3(N)C[C@H](OC(=O)[C@H](OC(=O)N(C)CCN(C)C(=O)OC(C)c4ccc([N+](=O)[O-])c(Oc5ccc6ncccc6c5)c4)C(NC(=O)c4ccccc4)c4ccccc4)C(C)=C1C3(C)C)[C@]1(OC(C)=O)CO[C@@H]1C[C@@H]2O. The van der Waals surface area contributed by atoms with Gasteiger partial charge in [-0.1, -0.05) is 86.6 Å². The Morgan fingerprint density at radius 1 is 0.789 bits per heavy atom. The molecule has 2 saturated carbocycles. The fourth-order valence-corrected chi connectivity index (χ4v) is 13.6. The molecule has 25 heteroatoms. The highest BCUT2D eigenvalue weighted by molar-refractivity contribution is 5.97. The van der Waals surface area contributed by atoms with Crippen LogP contribution in [0, 0.1) is 26.9 Å². The minimum atomic E-state index is -2.08. The number of ether oxygens (including phenoxy) is 8. The maximum atomic E-state index is 16.0. The number of aliphatic hydroxyl groups excluding tert-OH is 1. The van der Waals surface area contributed by atoms with Crippen LogP contribution in [-0.4, -0.2) is 154 Å². The number of rotatable bonds is 19. The first-order chi connectivity index (χ1) is 45.1. The number of fused-ring (bicyclic) bond motifs is 6. The van der Waals surface area contributed by atoms with Crippen LogP contribution in [0.5, 0.6) is 11.5 Å². The lowest BCUT2D eigenvalue weighted by Crippen LogP contribution is -2.83. The average Bonchev–Trinajstić information content (AvgIpc) is 0.670. The van der Waals surface area contributed by atoms with Crippen LogP contribution in [0.4, 0.5) is 15.3 Å². The molecule has 4 aliphatic rings. The van der Waals surface area contributed by atoms with Gasteiger partial charge in [-0.2, -0.15) is 0 Å². The smallest absolute Gasteiger partial charge is 0.410 e. The van der Waals surface area contributed by atoms with Crippen molar-refractivity contribution in [2.45, 2.75) is 121 Å². The van der Waals surface area contributed by atoms with Gasteiger partial charge >= 0.3 is 41.8 Å². The quantitative estimate of drug-likeness (QED) is 0.0224. The Morgan fingerprint density at radius 3 is 2.03 bits per heavy atom. The molecule has 12 atom stereocenters. The summed E-state index contributed by atoms with van der Waals surface area (Å²) in [6, 6.07) is 35.1. The molecule has 498 valence electrons. The predicted molar refractivity (Wildman–Crippen MR) is 339 cm³/mol. The maximum absolute atomic E-state index is 16.0. The highest BCUT2D eigenvalue weighted by Gasteiger charge is 2.78. The van der Waals surface area contributed by atoms with Crippen molar-refractivity contribution in [1.82, 2.24) is 20.1 Å². The van der Waals surface area contributed by atoms with Gasteiger partial charge in [0, 0.05) is 82.5 Å². The molecule has 3 fully saturated rings. The maximum Gasteiger partial charge on any atom is 0.410 e. The number of nitrogens with two attached hydrogens (primary N) is 1. The highest BCUT2D eigenvalue weighted by atomic mass is 16.6. The van der Waals surface area contributed by atoms with Crippen LogP contribution in [0.2, 0.25) is 0 Å². The first kappa shape index (κ1) is 67.8. The van der Waals surface area contributed by atoms with Crippen molar-refractivity contribution in [3.63, 3.8) is 0 Å². The average molecular weight is 1300 g/mol. The molecule has 5 aromatic carbocycles. The van der Waals surface area contributed by atoms with Gasteiger partial charge in [-0.3, -0.25) is 34.3 Å². The third-order valence-corrected chi connectivity index (χ3v) is 19.0. The molecule has 3 aliphatic carbocycles. The molecule has 1 aromatic heterocycles. The molecule has 2 unspecified atom stereocenters. The second kappa shape index (κ2) is 27.1. The van der Waals surface area contributed by atoms with E-state index in [4.69, 9.17) is 43.6 Å². The Kier molecular flexibility index (Phi) is 19.3. The molecule has 2 heterocycles. The molecule has 0 spiro atoms. The number of pyridine rings is 1. The van der Waals surface area contributed by atoms with Crippen LogP contribution in [-0.2, 0) is 52.3 Å². The van der Waals surface area contributed by atoms with Crippen LogP contribution in [0.3, 0.4) is 0 Å². The molecule has 1 saturated heterocycles. The number of carbonyl (C=O) groups is 8. The van der Waals surface area contributed by atoms with Crippen LogP contribution in [0.1, 0.15) is 105 Å². The Morgan fingerprint density at radius 2 is 1.42 bits per heavy atom. The van der Waals surface area contributed by atoms with Crippen molar-refractivity contribution in [3.05, 3.63) is 189 Å². The van der Waals surface area contributed by atoms with E-state index in [1.165, 1.54) is 70.4 Å². The van der Waals surface area contributed by atoms with Gasteiger partial charge in [0.25, 0.3) is 5.91 Å². The van der Waals surface area contributed by atoms with Gasteiger partial charge in [-0.15, -0.1) is 0 Å². The Balaban J connectivity index is 0.972. The lowest BCUT2D eigenvalue weighted by molar-refractivity contribution is -0.385. The number of carbonyl (C=O) groups excluding carboxylic acids is 8. The molecule has 10 rings (SSSR count). The van der Waals surface area contributed by atoms with Gasteiger partial charge in [0.2, 0.25) is 11.9 Å².